The number of aryl methyl sites for hydroxylation is 1. The Kier molecular flexibility index (Phi) is 6.53. The number of hydrogen-bond acceptors (Lipinski definition) is 3. The van der Waals surface area contributed by atoms with Crippen LogP contribution >= 0.6 is 0 Å². The van der Waals surface area contributed by atoms with Crippen molar-refractivity contribution >= 4 is 5.95 Å². The molecule has 1 atom stereocenters. The molecular weight excluding hydrogens is 250 g/mol. The molecule has 1 N–H and O–H groups in total. The summed E-state index contributed by atoms with van der Waals surface area (Å²) >= 11 is 0. The largest absolute Gasteiger partial charge is 0.382 e. The summed E-state index contributed by atoms with van der Waals surface area (Å²) in [5.74, 6) is 1.58. The van der Waals surface area contributed by atoms with Crippen molar-refractivity contribution in [1.82, 2.24) is 9.55 Å². The lowest BCUT2D eigenvalue weighted by molar-refractivity contribution is 0.147. The lowest BCUT2D eigenvalue weighted by atomic mass is 9.82. The van der Waals surface area contributed by atoms with Crippen LogP contribution in [0.25, 0.3) is 0 Å². The molecule has 1 heterocycles. The van der Waals surface area contributed by atoms with Crippen molar-refractivity contribution in [3.05, 3.63) is 11.9 Å². The van der Waals surface area contributed by atoms with Crippen LogP contribution in [0.1, 0.15) is 46.7 Å². The zero-order chi connectivity index (χ0) is 15.2. The first-order valence-corrected chi connectivity index (χ1v) is 7.70. The fourth-order valence-electron chi connectivity index (χ4n) is 1.91. The molecule has 20 heavy (non-hydrogen) atoms. The lowest BCUT2D eigenvalue weighted by Crippen LogP contribution is -2.23. The van der Waals surface area contributed by atoms with Crippen LogP contribution < -0.4 is 5.32 Å². The molecule has 4 nitrogen and oxygen atoms in total. The maximum atomic E-state index is 5.35. The average molecular weight is 281 g/mol. The Labute approximate surface area is 123 Å². The maximum Gasteiger partial charge on any atom is 0.203 e. The van der Waals surface area contributed by atoms with E-state index < -0.39 is 0 Å². The second kappa shape index (κ2) is 7.67. The van der Waals surface area contributed by atoms with Crippen LogP contribution in [0.2, 0.25) is 0 Å². The smallest absolute Gasteiger partial charge is 0.203 e. The monoisotopic (exact) mass is 281 g/mol. The minimum atomic E-state index is 0.310. The molecule has 0 aliphatic carbocycles. The first-order chi connectivity index (χ1) is 9.34. The molecule has 4 heteroatoms. The van der Waals surface area contributed by atoms with Crippen LogP contribution in [0, 0.1) is 18.3 Å². The summed E-state index contributed by atoms with van der Waals surface area (Å²) in [6.45, 7) is 16.7. The van der Waals surface area contributed by atoms with Gasteiger partial charge in [0, 0.05) is 32.5 Å². The molecule has 0 saturated carbocycles. The second-order valence-corrected chi connectivity index (χ2v) is 6.60. The van der Waals surface area contributed by atoms with Crippen molar-refractivity contribution in [1.29, 1.82) is 0 Å². The van der Waals surface area contributed by atoms with E-state index in [-0.39, 0.29) is 0 Å². The summed E-state index contributed by atoms with van der Waals surface area (Å²) in [7, 11) is 0. The Hall–Kier alpha value is -1.03. The Morgan fingerprint density at radius 1 is 1.40 bits per heavy atom. The third-order valence-corrected chi connectivity index (χ3v) is 3.80. The molecule has 0 aliphatic heterocycles. The van der Waals surface area contributed by atoms with Crippen molar-refractivity contribution in [2.75, 3.05) is 25.1 Å². The second-order valence-electron chi connectivity index (χ2n) is 6.60. The number of ether oxygens (including phenoxy) is 1. The first-order valence-electron chi connectivity index (χ1n) is 7.70. The van der Waals surface area contributed by atoms with Gasteiger partial charge in [-0.3, -0.25) is 0 Å². The van der Waals surface area contributed by atoms with Crippen molar-refractivity contribution in [3.8, 4) is 0 Å². The van der Waals surface area contributed by atoms with Gasteiger partial charge in [-0.2, -0.15) is 0 Å². The van der Waals surface area contributed by atoms with Gasteiger partial charge in [0.05, 0.1) is 5.69 Å². The topological polar surface area (TPSA) is 39.1 Å². The van der Waals surface area contributed by atoms with Crippen molar-refractivity contribution in [2.24, 2.45) is 11.3 Å². The van der Waals surface area contributed by atoms with E-state index in [2.05, 4.69) is 48.8 Å². The molecule has 0 spiro atoms. The summed E-state index contributed by atoms with van der Waals surface area (Å²) in [5.41, 5.74) is 1.38. The highest BCUT2D eigenvalue weighted by Gasteiger charge is 2.21. The van der Waals surface area contributed by atoms with Gasteiger partial charge < -0.3 is 14.6 Å². The third kappa shape index (κ3) is 5.53. The van der Waals surface area contributed by atoms with Crippen LogP contribution in [-0.4, -0.2) is 29.3 Å². The Bertz CT molecular complexity index is 393. The molecule has 0 fully saturated rings. The predicted molar refractivity (Wildman–Crippen MR) is 85.2 cm³/mol. The van der Waals surface area contributed by atoms with E-state index in [1.54, 1.807) is 0 Å². The normalized spacial score (nSPS) is 13.5. The van der Waals surface area contributed by atoms with Crippen molar-refractivity contribution < 1.29 is 4.74 Å². The van der Waals surface area contributed by atoms with Gasteiger partial charge in [-0.25, -0.2) is 4.98 Å². The zero-order valence-electron chi connectivity index (χ0n) is 14.0. The SMILES string of the molecule is CCOCCCNc1nc(C)cn1CC(C)C(C)(C)C. The van der Waals surface area contributed by atoms with Crippen LogP contribution in [-0.2, 0) is 11.3 Å². The van der Waals surface area contributed by atoms with E-state index in [1.807, 2.05) is 13.8 Å². The maximum absolute atomic E-state index is 5.35. The van der Waals surface area contributed by atoms with E-state index in [0.29, 0.717) is 11.3 Å². The van der Waals surface area contributed by atoms with E-state index >= 15 is 0 Å². The highest BCUT2D eigenvalue weighted by molar-refractivity contribution is 5.28. The number of rotatable bonds is 8. The van der Waals surface area contributed by atoms with E-state index in [9.17, 15) is 0 Å². The molecule has 0 saturated heterocycles. The summed E-state index contributed by atoms with van der Waals surface area (Å²) in [4.78, 5) is 4.57. The van der Waals surface area contributed by atoms with E-state index in [0.717, 1.165) is 44.4 Å². The molecule has 0 amide bonds. The van der Waals surface area contributed by atoms with Crippen LogP contribution in [0.5, 0.6) is 0 Å². The number of nitrogens with one attached hydrogen (secondary N) is 1. The molecule has 1 rings (SSSR count). The standard InChI is InChI=1S/C16H31N3O/c1-7-20-10-8-9-17-15-18-14(3)12-19(15)11-13(2)16(4,5)6/h12-13H,7-11H2,1-6H3,(H,17,18). The number of aromatic nitrogens is 2. The van der Waals surface area contributed by atoms with Gasteiger partial charge in [-0.15, -0.1) is 0 Å². The van der Waals surface area contributed by atoms with E-state index in [4.69, 9.17) is 4.74 Å². The summed E-state index contributed by atoms with van der Waals surface area (Å²) in [6.07, 6.45) is 3.14. The highest BCUT2D eigenvalue weighted by Crippen LogP contribution is 2.27. The van der Waals surface area contributed by atoms with Gasteiger partial charge in [0.1, 0.15) is 0 Å². The van der Waals surface area contributed by atoms with Gasteiger partial charge in [-0.05, 0) is 31.6 Å². The zero-order valence-corrected chi connectivity index (χ0v) is 14.0. The Morgan fingerprint density at radius 2 is 2.10 bits per heavy atom. The molecule has 0 radical (unpaired) electrons. The van der Waals surface area contributed by atoms with Gasteiger partial charge in [0.25, 0.3) is 0 Å². The van der Waals surface area contributed by atoms with E-state index in [1.165, 1.54) is 0 Å². The number of anilines is 1. The Balaban J connectivity index is 2.55. The predicted octanol–water partition coefficient (Wildman–Crippen LogP) is 3.71. The molecule has 0 aliphatic rings. The summed E-state index contributed by atoms with van der Waals surface area (Å²) in [5, 5.41) is 3.42. The van der Waals surface area contributed by atoms with Gasteiger partial charge in [0.2, 0.25) is 5.95 Å². The minimum absolute atomic E-state index is 0.310. The minimum Gasteiger partial charge on any atom is -0.382 e. The third-order valence-electron chi connectivity index (χ3n) is 3.80. The molecule has 0 aromatic carbocycles. The molecule has 1 aromatic heterocycles. The first kappa shape index (κ1) is 17.0. The van der Waals surface area contributed by atoms with Gasteiger partial charge in [0.15, 0.2) is 0 Å². The molecular formula is C16H31N3O. The van der Waals surface area contributed by atoms with Gasteiger partial charge >= 0.3 is 0 Å². The number of nitrogens with zero attached hydrogens (tertiary/aromatic N) is 2. The van der Waals surface area contributed by atoms with Crippen molar-refractivity contribution in [2.45, 2.75) is 54.5 Å². The Morgan fingerprint density at radius 3 is 2.70 bits per heavy atom. The summed E-state index contributed by atoms with van der Waals surface area (Å²) in [6, 6.07) is 0. The number of hydrogen-bond donors (Lipinski definition) is 1. The highest BCUT2D eigenvalue weighted by atomic mass is 16.5. The fourth-order valence-corrected chi connectivity index (χ4v) is 1.91. The molecule has 1 aromatic rings. The van der Waals surface area contributed by atoms with Gasteiger partial charge in [-0.1, -0.05) is 27.7 Å². The molecule has 0 bridgehead atoms. The van der Waals surface area contributed by atoms with Crippen LogP contribution in [0.3, 0.4) is 0 Å². The van der Waals surface area contributed by atoms with Crippen LogP contribution in [0.4, 0.5) is 5.95 Å². The fraction of sp³-hybridized carbons (Fsp3) is 0.812. The average Bonchev–Trinajstić information content (AvgIpc) is 2.68. The molecule has 1 unspecified atom stereocenters. The molecule has 116 valence electrons. The number of imidazole rings is 1. The summed E-state index contributed by atoms with van der Waals surface area (Å²) < 4.78 is 7.59. The van der Waals surface area contributed by atoms with Crippen LogP contribution in [0.15, 0.2) is 6.20 Å². The lowest BCUT2D eigenvalue weighted by Gasteiger charge is -2.28. The quantitative estimate of drug-likeness (QED) is 0.738. The van der Waals surface area contributed by atoms with Crippen molar-refractivity contribution in [3.63, 3.8) is 0 Å².